The summed E-state index contributed by atoms with van der Waals surface area (Å²) in [4.78, 5) is 17.0. The maximum atomic E-state index is 13.1. The van der Waals surface area contributed by atoms with E-state index in [2.05, 4.69) is 11.0 Å². The first-order chi connectivity index (χ1) is 14.2. The molecule has 0 bridgehead atoms. The van der Waals surface area contributed by atoms with Crippen LogP contribution in [0.25, 0.3) is 11.0 Å². The lowest BCUT2D eigenvalue weighted by atomic mass is 10.0. The lowest BCUT2D eigenvalue weighted by Crippen LogP contribution is -2.49. The first-order valence-electron chi connectivity index (χ1n) is 10.1. The molecule has 5 nitrogen and oxygen atoms in total. The highest BCUT2D eigenvalue weighted by Crippen LogP contribution is 2.33. The zero-order valence-electron chi connectivity index (χ0n) is 16.2. The fraction of sp³-hybridized carbons (Fsp3) is 0.348. The number of carbonyl (C=O) groups excluding carboxylic acids is 1. The van der Waals surface area contributed by atoms with Gasteiger partial charge in [0, 0.05) is 48.9 Å². The molecule has 5 rings (SSSR count). The van der Waals surface area contributed by atoms with Crippen LogP contribution in [-0.2, 0) is 17.6 Å². The molecule has 6 heteroatoms. The molecular weight excluding hydrogens is 371 g/mol. The van der Waals surface area contributed by atoms with Gasteiger partial charge in [0.2, 0.25) is 5.91 Å². The smallest absolute Gasteiger partial charge is 0.227 e. The predicted octanol–water partition coefficient (Wildman–Crippen LogP) is 3.79. The maximum absolute atomic E-state index is 13.1. The van der Waals surface area contributed by atoms with Gasteiger partial charge in [-0.25, -0.2) is 4.39 Å². The Morgan fingerprint density at radius 1 is 1.07 bits per heavy atom. The number of halogens is 1. The molecule has 150 valence electrons. The van der Waals surface area contributed by atoms with Crippen LogP contribution in [0.3, 0.4) is 0 Å². The van der Waals surface area contributed by atoms with E-state index in [1.807, 2.05) is 11.0 Å². The van der Waals surface area contributed by atoms with Crippen LogP contribution in [0.2, 0.25) is 0 Å². The first-order valence-corrected chi connectivity index (χ1v) is 10.1. The third-order valence-corrected chi connectivity index (χ3v) is 5.85. The zero-order chi connectivity index (χ0) is 19.8. The van der Waals surface area contributed by atoms with Crippen LogP contribution in [0, 0.1) is 5.82 Å². The Bertz CT molecular complexity index is 1040. The molecule has 1 fully saturated rings. The summed E-state index contributed by atoms with van der Waals surface area (Å²) in [7, 11) is 0. The number of hydrogen-bond acceptors (Lipinski definition) is 4. The Labute approximate surface area is 168 Å². The van der Waals surface area contributed by atoms with Gasteiger partial charge in [0.05, 0.1) is 19.3 Å². The Hall–Kier alpha value is -3.02. The van der Waals surface area contributed by atoms with Crippen molar-refractivity contribution in [1.29, 1.82) is 0 Å². The van der Waals surface area contributed by atoms with Crippen molar-refractivity contribution in [2.75, 3.05) is 37.7 Å². The van der Waals surface area contributed by atoms with E-state index >= 15 is 0 Å². The molecule has 1 amide bonds. The van der Waals surface area contributed by atoms with Crippen molar-refractivity contribution < 1.29 is 18.3 Å². The van der Waals surface area contributed by atoms with Crippen LogP contribution in [0.15, 0.2) is 47.1 Å². The van der Waals surface area contributed by atoms with Gasteiger partial charge in [-0.15, -0.1) is 0 Å². The number of benzene rings is 2. The van der Waals surface area contributed by atoms with E-state index in [4.69, 9.17) is 9.15 Å². The molecule has 29 heavy (non-hydrogen) atoms. The summed E-state index contributed by atoms with van der Waals surface area (Å²) in [5.41, 5.74) is 3.88. The fourth-order valence-corrected chi connectivity index (χ4v) is 4.20. The number of anilines is 1. The number of amides is 1. The fourth-order valence-electron chi connectivity index (χ4n) is 4.20. The number of rotatable bonds is 3. The Balaban J connectivity index is 1.26. The number of carbonyl (C=O) groups is 1. The molecule has 3 aromatic rings. The van der Waals surface area contributed by atoms with E-state index in [1.165, 1.54) is 17.7 Å². The summed E-state index contributed by atoms with van der Waals surface area (Å²) in [5, 5.41) is 1.01. The monoisotopic (exact) mass is 394 g/mol. The van der Waals surface area contributed by atoms with Gasteiger partial charge >= 0.3 is 0 Å². The number of piperazine rings is 1. The van der Waals surface area contributed by atoms with Crippen molar-refractivity contribution in [1.82, 2.24) is 4.90 Å². The molecule has 0 radical (unpaired) electrons. The standard InChI is InChI=1S/C23H23FN2O3/c24-18-3-5-19(6-4-18)25-7-9-26(10-8-25)23(27)13-17-15-29-22-14-21-16(12-20(17)22)2-1-11-28-21/h3-6,12,14-15H,1-2,7-11,13H2. The highest BCUT2D eigenvalue weighted by Gasteiger charge is 2.23. The summed E-state index contributed by atoms with van der Waals surface area (Å²) in [5.74, 6) is 0.774. The van der Waals surface area contributed by atoms with Crippen LogP contribution in [-0.4, -0.2) is 43.6 Å². The maximum Gasteiger partial charge on any atom is 0.227 e. The van der Waals surface area contributed by atoms with E-state index in [0.717, 1.165) is 60.5 Å². The van der Waals surface area contributed by atoms with Gasteiger partial charge in [0.1, 0.15) is 17.1 Å². The predicted molar refractivity (Wildman–Crippen MR) is 109 cm³/mol. The molecule has 0 spiro atoms. The molecule has 0 unspecified atom stereocenters. The largest absolute Gasteiger partial charge is 0.493 e. The molecule has 2 aliphatic heterocycles. The molecule has 2 aromatic carbocycles. The van der Waals surface area contributed by atoms with E-state index in [0.29, 0.717) is 19.5 Å². The normalized spacial score (nSPS) is 16.6. The molecule has 0 aliphatic carbocycles. The topological polar surface area (TPSA) is 45.9 Å². The van der Waals surface area contributed by atoms with E-state index in [-0.39, 0.29) is 11.7 Å². The van der Waals surface area contributed by atoms with Crippen molar-refractivity contribution in [3.63, 3.8) is 0 Å². The van der Waals surface area contributed by atoms with Crippen molar-refractivity contribution in [2.45, 2.75) is 19.3 Å². The van der Waals surface area contributed by atoms with Crippen LogP contribution < -0.4 is 9.64 Å². The minimum atomic E-state index is -0.234. The van der Waals surface area contributed by atoms with Crippen LogP contribution in [0.4, 0.5) is 10.1 Å². The number of hydrogen-bond donors (Lipinski definition) is 0. The SMILES string of the molecule is O=C(Cc1coc2cc3c(cc12)CCCO3)N1CCN(c2ccc(F)cc2)CC1. The van der Waals surface area contributed by atoms with Gasteiger partial charge in [0.25, 0.3) is 0 Å². The Kier molecular flexibility index (Phi) is 4.62. The van der Waals surface area contributed by atoms with Crippen LogP contribution in [0.1, 0.15) is 17.5 Å². The molecule has 2 aliphatic rings. The lowest BCUT2D eigenvalue weighted by molar-refractivity contribution is -0.130. The van der Waals surface area contributed by atoms with Gasteiger partial charge < -0.3 is 19.0 Å². The quantitative estimate of drug-likeness (QED) is 0.678. The van der Waals surface area contributed by atoms with Gasteiger partial charge in [-0.3, -0.25) is 4.79 Å². The summed E-state index contributed by atoms with van der Waals surface area (Å²) >= 11 is 0. The van der Waals surface area contributed by atoms with Gasteiger partial charge in [-0.1, -0.05) is 0 Å². The molecule has 1 saturated heterocycles. The van der Waals surface area contributed by atoms with E-state index in [9.17, 15) is 9.18 Å². The van der Waals surface area contributed by atoms with Gasteiger partial charge in [-0.05, 0) is 48.7 Å². The summed E-state index contributed by atoms with van der Waals surface area (Å²) in [6.45, 7) is 3.56. The highest BCUT2D eigenvalue weighted by atomic mass is 19.1. The molecular formula is C23H23FN2O3. The van der Waals surface area contributed by atoms with Gasteiger partial charge in [-0.2, -0.15) is 0 Å². The highest BCUT2D eigenvalue weighted by molar-refractivity contribution is 5.89. The molecule has 0 N–H and O–H groups in total. The van der Waals surface area contributed by atoms with Crippen molar-refractivity contribution in [3.05, 3.63) is 59.6 Å². The minimum absolute atomic E-state index is 0.112. The Morgan fingerprint density at radius 3 is 2.66 bits per heavy atom. The molecule has 1 aromatic heterocycles. The molecule has 3 heterocycles. The third-order valence-electron chi connectivity index (χ3n) is 5.85. The average Bonchev–Trinajstić information content (AvgIpc) is 3.14. The average molecular weight is 394 g/mol. The number of ether oxygens (including phenoxy) is 1. The molecule has 0 saturated carbocycles. The number of fused-ring (bicyclic) bond motifs is 2. The second-order valence-electron chi connectivity index (χ2n) is 7.69. The number of furan rings is 1. The van der Waals surface area contributed by atoms with E-state index < -0.39 is 0 Å². The van der Waals surface area contributed by atoms with Crippen molar-refractivity contribution in [3.8, 4) is 5.75 Å². The van der Waals surface area contributed by atoms with Crippen molar-refractivity contribution in [2.24, 2.45) is 0 Å². The number of aryl methyl sites for hydroxylation is 1. The minimum Gasteiger partial charge on any atom is -0.493 e. The second kappa shape index (κ2) is 7.43. The Morgan fingerprint density at radius 2 is 1.86 bits per heavy atom. The number of nitrogens with zero attached hydrogens (tertiary/aromatic N) is 2. The lowest BCUT2D eigenvalue weighted by Gasteiger charge is -2.36. The van der Waals surface area contributed by atoms with Crippen LogP contribution in [0.5, 0.6) is 5.75 Å². The van der Waals surface area contributed by atoms with E-state index in [1.54, 1.807) is 18.4 Å². The molecule has 0 atom stereocenters. The van der Waals surface area contributed by atoms with Gasteiger partial charge in [0.15, 0.2) is 0 Å². The summed E-state index contributed by atoms with van der Waals surface area (Å²) in [6, 6.07) is 10.6. The van der Waals surface area contributed by atoms with Crippen molar-refractivity contribution >= 4 is 22.6 Å². The van der Waals surface area contributed by atoms with Crippen LogP contribution >= 0.6 is 0 Å². The zero-order valence-corrected chi connectivity index (χ0v) is 16.2. The third kappa shape index (κ3) is 3.55. The summed E-state index contributed by atoms with van der Waals surface area (Å²) < 4.78 is 24.5. The second-order valence-corrected chi connectivity index (χ2v) is 7.69. The first kappa shape index (κ1) is 18.0. The summed E-state index contributed by atoms with van der Waals surface area (Å²) in [6.07, 6.45) is 4.05.